The van der Waals surface area contributed by atoms with Crippen LogP contribution in [0.5, 0.6) is 11.6 Å². The molecule has 0 aliphatic carbocycles. The Morgan fingerprint density at radius 3 is 2.11 bits per heavy atom. The van der Waals surface area contributed by atoms with Gasteiger partial charge in [0.1, 0.15) is 8.07 Å². The molecule has 1 atom stereocenters. The van der Waals surface area contributed by atoms with Crippen molar-refractivity contribution >= 4 is 58.3 Å². The van der Waals surface area contributed by atoms with Gasteiger partial charge in [-0.2, -0.15) is 37.0 Å². The molecule has 2 aliphatic heterocycles. The van der Waals surface area contributed by atoms with Gasteiger partial charge in [0.25, 0.3) is 0 Å². The van der Waals surface area contributed by atoms with Crippen molar-refractivity contribution < 1.29 is 25.8 Å². The van der Waals surface area contributed by atoms with Crippen LogP contribution in [0, 0.1) is 18.8 Å². The molecule has 2 aliphatic rings. The van der Waals surface area contributed by atoms with E-state index in [2.05, 4.69) is 150 Å². The molecule has 5 aromatic carbocycles. The van der Waals surface area contributed by atoms with E-state index in [9.17, 15) is 0 Å². The first-order valence-electron chi connectivity index (χ1n) is 14.9. The maximum Gasteiger partial charge on any atom is 0.216 e. The van der Waals surface area contributed by atoms with Crippen LogP contribution in [0.3, 0.4) is 0 Å². The molecule has 1 aromatic heterocycles. The SMILES string of the molecule is CN1C=CN(c2[c-]c(P3c4[c-]c(Oc5ccccn5)ccc4[Si](c4ccccc4)(c4ccccc4)c4ccccc43)ccc2)[CH-]1.[Pt]. The van der Waals surface area contributed by atoms with E-state index in [1.165, 1.54) is 31.4 Å². The molecular formula is C39H29N3OPPtSi-3. The Balaban J connectivity index is 0.00000338. The molecule has 228 valence electrons. The normalized spacial score (nSPS) is 15.9. The zero-order chi connectivity index (χ0) is 30.2. The van der Waals surface area contributed by atoms with Crippen LogP contribution in [0.2, 0.25) is 0 Å². The molecule has 0 radical (unpaired) electrons. The number of hydrogen-bond acceptors (Lipinski definition) is 4. The van der Waals surface area contributed by atoms with Gasteiger partial charge in [-0.1, -0.05) is 109 Å². The number of aromatic nitrogens is 1. The predicted octanol–water partition coefficient (Wildman–Crippen LogP) is 4.26. The quantitative estimate of drug-likeness (QED) is 0.143. The minimum atomic E-state index is -2.75. The second-order valence-electron chi connectivity index (χ2n) is 11.1. The molecule has 0 fully saturated rings. The second-order valence-corrected chi connectivity index (χ2v) is 16.9. The van der Waals surface area contributed by atoms with E-state index in [0.717, 1.165) is 11.0 Å². The molecule has 0 saturated heterocycles. The topological polar surface area (TPSA) is 28.6 Å². The van der Waals surface area contributed by atoms with Crippen LogP contribution >= 0.6 is 7.92 Å². The minimum Gasteiger partial charge on any atom is -0.510 e. The molecule has 3 heterocycles. The molecule has 8 rings (SSSR count). The largest absolute Gasteiger partial charge is 0.510 e. The summed E-state index contributed by atoms with van der Waals surface area (Å²) in [7, 11) is -1.74. The third-order valence-electron chi connectivity index (χ3n) is 8.39. The molecule has 1 unspecified atom stereocenters. The van der Waals surface area contributed by atoms with E-state index in [-0.39, 0.29) is 21.1 Å². The smallest absolute Gasteiger partial charge is 0.216 e. The Morgan fingerprint density at radius 2 is 1.41 bits per heavy atom. The van der Waals surface area contributed by atoms with Gasteiger partial charge in [-0.15, -0.1) is 33.6 Å². The van der Waals surface area contributed by atoms with Crippen LogP contribution in [0.1, 0.15) is 0 Å². The van der Waals surface area contributed by atoms with E-state index < -0.39 is 16.0 Å². The molecule has 0 bridgehead atoms. The van der Waals surface area contributed by atoms with Gasteiger partial charge in [0.05, 0.1) is 0 Å². The van der Waals surface area contributed by atoms with Crippen LogP contribution in [-0.4, -0.2) is 25.0 Å². The van der Waals surface area contributed by atoms with E-state index in [4.69, 9.17) is 4.74 Å². The van der Waals surface area contributed by atoms with Crippen molar-refractivity contribution in [3.8, 4) is 11.6 Å². The summed E-state index contributed by atoms with van der Waals surface area (Å²) in [4.78, 5) is 8.60. The van der Waals surface area contributed by atoms with E-state index in [0.29, 0.717) is 11.6 Å². The fraction of sp³-hybridized carbons (Fsp3) is 0.0256. The number of anilines is 1. The molecule has 7 heteroatoms. The fourth-order valence-corrected chi connectivity index (χ4v) is 15.3. The standard InChI is InChI=1S/C39H29N3OPSi.Pt/c1-41-25-26-42(29-41)30-13-12-14-32(27-30)44-35-19-8-9-20-37(35)45(33-15-4-2-5-16-33,34-17-6-3-7-18-34)38-23-22-31(28-36(38)44)43-39-21-10-11-24-40-39;/h2-26,29H,1H3;/q-3;. The molecule has 0 N–H and O–H groups in total. The molecule has 0 saturated carbocycles. The molecular weight excluding hydrogens is 781 g/mol. The van der Waals surface area contributed by atoms with Crippen molar-refractivity contribution in [2.24, 2.45) is 0 Å². The predicted molar refractivity (Wildman–Crippen MR) is 188 cm³/mol. The van der Waals surface area contributed by atoms with E-state index >= 15 is 0 Å². The summed E-state index contributed by atoms with van der Waals surface area (Å²) in [6.45, 7) is 2.07. The summed E-state index contributed by atoms with van der Waals surface area (Å²) < 4.78 is 6.33. The molecule has 6 aromatic rings. The molecule has 46 heavy (non-hydrogen) atoms. The van der Waals surface area contributed by atoms with Crippen LogP contribution in [0.15, 0.2) is 152 Å². The average Bonchev–Trinajstić information content (AvgIpc) is 3.54. The van der Waals surface area contributed by atoms with Crippen molar-refractivity contribution in [2.45, 2.75) is 0 Å². The van der Waals surface area contributed by atoms with Crippen molar-refractivity contribution in [3.63, 3.8) is 0 Å². The number of hydrogen-bond donors (Lipinski definition) is 0. The maximum absolute atomic E-state index is 6.33. The number of ether oxygens (including phenoxy) is 1. The molecule has 4 nitrogen and oxygen atoms in total. The summed E-state index contributed by atoms with van der Waals surface area (Å²) in [6.07, 6.45) is 5.87. The van der Waals surface area contributed by atoms with Gasteiger partial charge in [-0.3, -0.25) is 0 Å². The van der Waals surface area contributed by atoms with Crippen LogP contribution in [0.4, 0.5) is 5.69 Å². The van der Waals surface area contributed by atoms with Gasteiger partial charge >= 0.3 is 0 Å². The maximum atomic E-state index is 6.33. The third-order valence-corrected chi connectivity index (χ3v) is 16.1. The van der Waals surface area contributed by atoms with Crippen LogP contribution in [0.25, 0.3) is 0 Å². The third kappa shape index (κ3) is 5.23. The van der Waals surface area contributed by atoms with Crippen molar-refractivity contribution in [2.75, 3.05) is 11.9 Å². The van der Waals surface area contributed by atoms with Gasteiger partial charge in [-0.05, 0) is 36.0 Å². The number of benzene rings is 5. The van der Waals surface area contributed by atoms with E-state index in [1.54, 1.807) is 6.20 Å². The summed E-state index contributed by atoms with van der Waals surface area (Å²) in [6, 6.07) is 55.4. The van der Waals surface area contributed by atoms with Gasteiger partial charge in [0, 0.05) is 39.1 Å². The number of fused-ring (bicyclic) bond motifs is 2. The van der Waals surface area contributed by atoms with Crippen molar-refractivity contribution in [1.82, 2.24) is 9.88 Å². The molecule has 0 amide bonds. The Bertz CT molecular complexity index is 1970. The first-order chi connectivity index (χ1) is 22.2. The molecule has 0 spiro atoms. The van der Waals surface area contributed by atoms with Gasteiger partial charge in [-0.25, -0.2) is 4.98 Å². The zero-order valence-corrected chi connectivity index (χ0v) is 29.2. The van der Waals surface area contributed by atoms with Gasteiger partial charge in [0.2, 0.25) is 5.88 Å². The minimum absolute atomic E-state index is 0. The summed E-state index contributed by atoms with van der Waals surface area (Å²) in [5.74, 6) is 1.22. The average molecular weight is 810 g/mol. The van der Waals surface area contributed by atoms with Crippen LogP contribution in [-0.2, 0) is 21.1 Å². The summed E-state index contributed by atoms with van der Waals surface area (Å²) in [5.41, 5.74) is 1.01. The Morgan fingerprint density at radius 1 is 0.696 bits per heavy atom. The van der Waals surface area contributed by atoms with E-state index in [1.807, 2.05) is 36.3 Å². The Hall–Kier alpha value is -4.27. The van der Waals surface area contributed by atoms with Crippen molar-refractivity contribution in [1.29, 1.82) is 0 Å². The monoisotopic (exact) mass is 809 g/mol. The second kappa shape index (κ2) is 12.8. The van der Waals surface area contributed by atoms with Crippen molar-refractivity contribution in [3.05, 3.63) is 171 Å². The van der Waals surface area contributed by atoms with Gasteiger partial charge in [0.15, 0.2) is 0 Å². The van der Waals surface area contributed by atoms with Gasteiger partial charge < -0.3 is 14.5 Å². The number of pyridine rings is 1. The summed E-state index contributed by atoms with van der Waals surface area (Å²) in [5, 5.41) is 9.14. The fourth-order valence-electron chi connectivity index (χ4n) is 6.51. The number of nitrogens with zero attached hydrogens (tertiary/aromatic N) is 3. The van der Waals surface area contributed by atoms with Crippen LogP contribution < -0.4 is 46.3 Å². The first kappa shape index (κ1) is 30.4. The number of rotatable bonds is 6. The Kier molecular flexibility index (Phi) is 8.49. The zero-order valence-electron chi connectivity index (χ0n) is 25.0. The summed E-state index contributed by atoms with van der Waals surface area (Å²) >= 11 is 0. The Labute approximate surface area is 287 Å². The first-order valence-corrected chi connectivity index (χ1v) is 18.3.